The maximum absolute atomic E-state index is 13.2. The molecular formula is C19H19F3N2O3S. The van der Waals surface area contributed by atoms with Crippen LogP contribution in [0, 0.1) is 0 Å². The minimum Gasteiger partial charge on any atom is -0.507 e. The highest BCUT2D eigenvalue weighted by Gasteiger charge is 2.31. The van der Waals surface area contributed by atoms with Crippen LogP contribution in [0.15, 0.2) is 41.3 Å². The van der Waals surface area contributed by atoms with Gasteiger partial charge < -0.3 is 19.8 Å². The van der Waals surface area contributed by atoms with E-state index < -0.39 is 17.7 Å². The molecule has 0 spiro atoms. The van der Waals surface area contributed by atoms with Crippen molar-refractivity contribution < 1.29 is 28.2 Å². The molecule has 1 aliphatic rings. The predicted molar refractivity (Wildman–Crippen MR) is 102 cm³/mol. The second kappa shape index (κ2) is 8.22. The van der Waals surface area contributed by atoms with Crippen LogP contribution in [0.5, 0.6) is 5.75 Å². The molecule has 1 fully saturated rings. The number of hydrogen-bond donors (Lipinski definition) is 3. The number of aromatic carboxylic acids is 1. The smallest absolute Gasteiger partial charge is 0.416 e. The van der Waals surface area contributed by atoms with Gasteiger partial charge in [0, 0.05) is 13.1 Å². The highest BCUT2D eigenvalue weighted by atomic mass is 32.2. The Morgan fingerprint density at radius 2 is 1.79 bits per heavy atom. The van der Waals surface area contributed by atoms with Gasteiger partial charge in [-0.05, 0) is 67.6 Å². The average molecular weight is 412 g/mol. The molecule has 0 aliphatic carbocycles. The van der Waals surface area contributed by atoms with E-state index in [0.29, 0.717) is 5.69 Å². The van der Waals surface area contributed by atoms with Crippen LogP contribution < -0.4 is 9.62 Å². The first-order chi connectivity index (χ1) is 13.3. The number of halogens is 3. The van der Waals surface area contributed by atoms with Gasteiger partial charge in [0.2, 0.25) is 0 Å². The minimum absolute atomic E-state index is 0.0256. The Morgan fingerprint density at radius 1 is 1.07 bits per heavy atom. The Kier molecular flexibility index (Phi) is 5.93. The number of anilines is 2. The molecule has 5 nitrogen and oxygen atoms in total. The van der Waals surface area contributed by atoms with Crippen LogP contribution in [0.4, 0.5) is 24.5 Å². The SMILES string of the molecule is O=C(O)c1ccc(O)c(SNc2cc(C(F)(F)F)ccc2N2CCCCC2)c1. The topological polar surface area (TPSA) is 72.8 Å². The molecule has 1 aliphatic heterocycles. The molecule has 9 heteroatoms. The lowest BCUT2D eigenvalue weighted by molar-refractivity contribution is -0.137. The highest BCUT2D eigenvalue weighted by Crippen LogP contribution is 2.39. The number of hydrogen-bond acceptors (Lipinski definition) is 5. The van der Waals surface area contributed by atoms with Crippen molar-refractivity contribution in [2.24, 2.45) is 0 Å². The van der Waals surface area contributed by atoms with Gasteiger partial charge in [0.25, 0.3) is 0 Å². The van der Waals surface area contributed by atoms with E-state index in [0.717, 1.165) is 56.4 Å². The fourth-order valence-corrected chi connectivity index (χ4v) is 3.79. The van der Waals surface area contributed by atoms with Crippen LogP contribution in [0.2, 0.25) is 0 Å². The van der Waals surface area contributed by atoms with Crippen molar-refractivity contribution in [2.75, 3.05) is 22.7 Å². The molecule has 1 saturated heterocycles. The van der Waals surface area contributed by atoms with E-state index in [1.165, 1.54) is 24.3 Å². The molecule has 0 amide bonds. The summed E-state index contributed by atoms with van der Waals surface area (Å²) in [5.74, 6) is -1.32. The Bertz CT molecular complexity index is 868. The number of nitrogens with zero attached hydrogens (tertiary/aromatic N) is 1. The summed E-state index contributed by atoms with van der Waals surface area (Å²) in [6.45, 7) is 1.51. The van der Waals surface area contributed by atoms with Gasteiger partial charge in [-0.25, -0.2) is 4.79 Å². The third-order valence-electron chi connectivity index (χ3n) is 4.50. The van der Waals surface area contributed by atoms with E-state index in [1.807, 2.05) is 4.90 Å². The number of aromatic hydroxyl groups is 1. The summed E-state index contributed by atoms with van der Waals surface area (Å²) in [7, 11) is 0. The second-order valence-electron chi connectivity index (χ2n) is 6.47. The number of carbonyl (C=O) groups is 1. The molecule has 3 rings (SSSR count). The summed E-state index contributed by atoms with van der Waals surface area (Å²) in [6, 6.07) is 7.31. The Balaban J connectivity index is 1.90. The largest absolute Gasteiger partial charge is 0.507 e. The van der Waals surface area contributed by atoms with E-state index in [9.17, 15) is 23.1 Å². The molecule has 0 aromatic heterocycles. The lowest BCUT2D eigenvalue weighted by Gasteiger charge is -2.31. The van der Waals surface area contributed by atoms with Gasteiger partial charge in [0.15, 0.2) is 0 Å². The molecule has 0 saturated carbocycles. The van der Waals surface area contributed by atoms with Crippen LogP contribution in [0.25, 0.3) is 0 Å². The number of carboxylic acids is 1. The van der Waals surface area contributed by atoms with Gasteiger partial charge >= 0.3 is 12.1 Å². The maximum atomic E-state index is 13.2. The van der Waals surface area contributed by atoms with Crippen LogP contribution >= 0.6 is 11.9 Å². The molecule has 150 valence electrons. The quantitative estimate of drug-likeness (QED) is 0.585. The molecule has 1 heterocycles. The molecule has 28 heavy (non-hydrogen) atoms. The Morgan fingerprint density at radius 3 is 2.43 bits per heavy atom. The summed E-state index contributed by atoms with van der Waals surface area (Å²) in [6.07, 6.45) is -1.46. The number of carboxylic acid groups (broad SMARTS) is 1. The number of benzene rings is 2. The molecular weight excluding hydrogens is 393 g/mol. The van der Waals surface area contributed by atoms with Crippen molar-refractivity contribution in [3.8, 4) is 5.75 Å². The van der Waals surface area contributed by atoms with E-state index in [-0.39, 0.29) is 21.9 Å². The van der Waals surface area contributed by atoms with Gasteiger partial charge in [-0.2, -0.15) is 13.2 Å². The third kappa shape index (κ3) is 4.64. The van der Waals surface area contributed by atoms with Crippen molar-refractivity contribution in [3.05, 3.63) is 47.5 Å². The molecule has 3 N–H and O–H groups in total. The van der Waals surface area contributed by atoms with E-state index >= 15 is 0 Å². The summed E-state index contributed by atoms with van der Waals surface area (Å²) < 4.78 is 42.3. The third-order valence-corrected chi connectivity index (χ3v) is 5.37. The minimum atomic E-state index is -4.48. The molecule has 2 aromatic carbocycles. The van der Waals surface area contributed by atoms with Crippen LogP contribution in [-0.2, 0) is 6.18 Å². The summed E-state index contributed by atoms with van der Waals surface area (Å²) in [5.41, 5.74) is 0.109. The maximum Gasteiger partial charge on any atom is 0.416 e. The zero-order valence-electron chi connectivity index (χ0n) is 14.8. The zero-order chi connectivity index (χ0) is 20.3. The Labute approximate surface area is 164 Å². The fraction of sp³-hybridized carbons (Fsp3) is 0.316. The fourth-order valence-electron chi connectivity index (χ4n) is 3.04. The molecule has 2 aromatic rings. The van der Waals surface area contributed by atoms with Crippen LogP contribution in [0.1, 0.15) is 35.2 Å². The molecule has 0 unspecified atom stereocenters. The lowest BCUT2D eigenvalue weighted by atomic mass is 10.1. The van der Waals surface area contributed by atoms with Crippen molar-refractivity contribution in [3.63, 3.8) is 0 Å². The van der Waals surface area contributed by atoms with E-state index in [1.54, 1.807) is 0 Å². The van der Waals surface area contributed by atoms with Gasteiger partial charge in [0.1, 0.15) is 5.75 Å². The summed E-state index contributed by atoms with van der Waals surface area (Å²) >= 11 is 0.872. The van der Waals surface area contributed by atoms with Crippen molar-refractivity contribution in [1.82, 2.24) is 0 Å². The first-order valence-corrected chi connectivity index (χ1v) is 9.53. The molecule has 0 bridgehead atoms. The van der Waals surface area contributed by atoms with Gasteiger partial charge in [0.05, 0.1) is 27.4 Å². The van der Waals surface area contributed by atoms with Gasteiger partial charge in [-0.3, -0.25) is 0 Å². The first kappa shape index (κ1) is 20.2. The van der Waals surface area contributed by atoms with Crippen molar-refractivity contribution in [2.45, 2.75) is 30.3 Å². The summed E-state index contributed by atoms with van der Waals surface area (Å²) in [4.78, 5) is 13.3. The van der Waals surface area contributed by atoms with E-state index in [2.05, 4.69) is 4.72 Å². The average Bonchev–Trinajstić information content (AvgIpc) is 2.67. The number of phenolic OH excluding ortho intramolecular Hbond substituents is 1. The highest BCUT2D eigenvalue weighted by molar-refractivity contribution is 8.00. The number of nitrogens with one attached hydrogen (secondary N) is 1. The monoisotopic (exact) mass is 412 g/mol. The number of alkyl halides is 3. The molecule has 0 radical (unpaired) electrons. The van der Waals surface area contributed by atoms with Crippen LogP contribution in [-0.4, -0.2) is 29.3 Å². The van der Waals surface area contributed by atoms with E-state index in [4.69, 9.17) is 5.11 Å². The number of phenols is 1. The lowest BCUT2D eigenvalue weighted by Crippen LogP contribution is -2.30. The standard InChI is InChI=1S/C19H19F3N2O3S/c20-19(21,22)13-5-6-15(24-8-2-1-3-9-24)14(11-13)23-28-17-10-12(18(26)27)4-7-16(17)25/h4-7,10-11,23,25H,1-3,8-9H2,(H,26,27). The molecule has 0 atom stereocenters. The number of piperidine rings is 1. The second-order valence-corrected chi connectivity index (χ2v) is 7.32. The normalized spacial score (nSPS) is 14.8. The van der Waals surface area contributed by atoms with Crippen LogP contribution in [0.3, 0.4) is 0 Å². The van der Waals surface area contributed by atoms with Crippen molar-refractivity contribution in [1.29, 1.82) is 0 Å². The number of rotatable bonds is 5. The zero-order valence-corrected chi connectivity index (χ0v) is 15.6. The van der Waals surface area contributed by atoms with Crippen molar-refractivity contribution >= 4 is 29.3 Å². The summed E-state index contributed by atoms with van der Waals surface area (Å²) in [5, 5.41) is 19.0. The first-order valence-electron chi connectivity index (χ1n) is 8.71. The van der Waals surface area contributed by atoms with Gasteiger partial charge in [-0.1, -0.05) is 0 Å². The predicted octanol–water partition coefficient (Wildman–Crippen LogP) is 5.22. The van der Waals surface area contributed by atoms with Gasteiger partial charge in [-0.15, -0.1) is 0 Å². The Hall–Kier alpha value is -2.55.